The van der Waals surface area contributed by atoms with Crippen molar-refractivity contribution in [3.63, 3.8) is 0 Å². The van der Waals surface area contributed by atoms with Gasteiger partial charge in [-0.2, -0.15) is 0 Å². The molecule has 0 aromatic heterocycles. The van der Waals surface area contributed by atoms with Crippen LogP contribution in [0.4, 0.5) is 0 Å². The normalized spacial score (nSPS) is 13.2. The van der Waals surface area contributed by atoms with Crippen LogP contribution in [0.3, 0.4) is 0 Å². The van der Waals surface area contributed by atoms with Crippen molar-refractivity contribution in [3.8, 4) is 11.1 Å². The molecule has 2 nitrogen and oxygen atoms in total. The molecule has 7 aromatic rings. The number of hydrogen-bond donors (Lipinski definition) is 2. The molecule has 2 atom stereocenters. The van der Waals surface area contributed by atoms with Crippen LogP contribution in [0.5, 0.6) is 0 Å². The van der Waals surface area contributed by atoms with E-state index in [0.29, 0.717) is 0 Å². The summed E-state index contributed by atoms with van der Waals surface area (Å²) in [5.41, 5.74) is 12.6. The molecule has 2 unspecified atom stereocenters. The Balaban J connectivity index is 1.34. The zero-order chi connectivity index (χ0) is 28.3. The van der Waals surface area contributed by atoms with E-state index < -0.39 is 0 Å². The van der Waals surface area contributed by atoms with E-state index in [2.05, 4.69) is 145 Å². The van der Waals surface area contributed by atoms with Crippen LogP contribution >= 0.6 is 0 Å². The predicted molar refractivity (Wildman–Crippen MR) is 179 cm³/mol. The van der Waals surface area contributed by atoms with Gasteiger partial charge < -0.3 is 5.73 Å². The molecule has 0 saturated carbocycles. The van der Waals surface area contributed by atoms with E-state index in [0.717, 1.165) is 11.1 Å². The third-order valence-electron chi connectivity index (χ3n) is 8.16. The van der Waals surface area contributed by atoms with Gasteiger partial charge in [0, 0.05) is 0 Å². The van der Waals surface area contributed by atoms with Crippen molar-refractivity contribution in [2.45, 2.75) is 12.2 Å². The van der Waals surface area contributed by atoms with E-state index in [4.69, 9.17) is 5.73 Å². The molecule has 42 heavy (non-hydrogen) atoms. The average molecular weight is 541 g/mol. The summed E-state index contributed by atoms with van der Waals surface area (Å²) in [6.07, 6.45) is 4.22. The maximum Gasteiger partial charge on any atom is 0.0817 e. The van der Waals surface area contributed by atoms with Gasteiger partial charge in [-0.15, -0.1) is 0 Å². The van der Waals surface area contributed by atoms with Crippen molar-refractivity contribution in [3.05, 3.63) is 174 Å². The van der Waals surface area contributed by atoms with Crippen molar-refractivity contribution in [1.29, 1.82) is 0 Å². The lowest BCUT2D eigenvalue weighted by atomic mass is 9.92. The molecule has 202 valence electrons. The maximum absolute atomic E-state index is 6.72. The Morgan fingerprint density at radius 1 is 0.476 bits per heavy atom. The Hall–Kier alpha value is -5.02. The van der Waals surface area contributed by atoms with E-state index in [9.17, 15) is 0 Å². The number of nitrogens with one attached hydrogen (secondary N) is 1. The lowest BCUT2D eigenvalue weighted by Crippen LogP contribution is -2.31. The average Bonchev–Trinajstić information content (AvgIpc) is 3.07. The Morgan fingerprint density at radius 3 is 1.86 bits per heavy atom. The highest BCUT2D eigenvalue weighted by atomic mass is 15.0. The Kier molecular flexibility index (Phi) is 7.07. The minimum atomic E-state index is -0.317. The molecule has 0 radical (unpaired) electrons. The first-order valence-electron chi connectivity index (χ1n) is 14.5. The van der Waals surface area contributed by atoms with E-state index in [1.54, 1.807) is 0 Å². The van der Waals surface area contributed by atoms with Gasteiger partial charge in [0.1, 0.15) is 0 Å². The van der Waals surface area contributed by atoms with Crippen LogP contribution in [0.25, 0.3) is 49.5 Å². The Labute approximate surface area is 246 Å². The predicted octanol–water partition coefficient (Wildman–Crippen LogP) is 9.81. The van der Waals surface area contributed by atoms with E-state index in [-0.39, 0.29) is 12.2 Å². The molecule has 7 rings (SSSR count). The second kappa shape index (κ2) is 11.5. The van der Waals surface area contributed by atoms with E-state index >= 15 is 0 Å². The lowest BCUT2D eigenvalue weighted by Gasteiger charge is -2.22. The fourth-order valence-corrected chi connectivity index (χ4v) is 5.95. The molecule has 0 spiro atoms. The molecule has 0 fully saturated rings. The van der Waals surface area contributed by atoms with Gasteiger partial charge in [-0.3, -0.25) is 5.32 Å². The topological polar surface area (TPSA) is 38.0 Å². The monoisotopic (exact) mass is 540 g/mol. The standard InChI is InChI=1S/C40H32N2/c41-40(32-14-5-2-6-15-32)42-39(31-21-19-29(20-22-31)28-11-3-1-4-12-28)26-25-36-35-18-10-8-16-33(35)27-38-34-17-9-7-13-30(34)23-24-37(36)38/h1-27,39-40,42H,41H2/b26-25+. The smallest absolute Gasteiger partial charge is 0.0817 e. The summed E-state index contributed by atoms with van der Waals surface area (Å²) in [5.74, 6) is 0. The van der Waals surface area contributed by atoms with Crippen molar-refractivity contribution >= 4 is 38.4 Å². The molecule has 0 bridgehead atoms. The van der Waals surface area contributed by atoms with Gasteiger partial charge in [-0.1, -0.05) is 158 Å². The highest BCUT2D eigenvalue weighted by Gasteiger charge is 2.15. The highest BCUT2D eigenvalue weighted by molar-refractivity contribution is 6.16. The minimum Gasteiger partial charge on any atom is -0.312 e. The van der Waals surface area contributed by atoms with Gasteiger partial charge in [-0.25, -0.2) is 0 Å². The largest absolute Gasteiger partial charge is 0.312 e. The second-order valence-electron chi connectivity index (χ2n) is 10.8. The summed E-state index contributed by atoms with van der Waals surface area (Å²) in [7, 11) is 0. The molecule has 2 heteroatoms. The fourth-order valence-electron chi connectivity index (χ4n) is 5.95. The fraction of sp³-hybridized carbons (Fsp3) is 0.0500. The SMILES string of the molecule is NC(NC(/C=C/c1c2ccccc2cc2c1ccc1ccccc12)c1ccc(-c2ccccc2)cc1)c1ccccc1. The van der Waals surface area contributed by atoms with Crippen molar-refractivity contribution in [2.24, 2.45) is 5.73 Å². The van der Waals surface area contributed by atoms with E-state index in [1.807, 2.05) is 24.3 Å². The highest BCUT2D eigenvalue weighted by Crippen LogP contribution is 2.35. The van der Waals surface area contributed by atoms with Crippen LogP contribution in [0.15, 0.2) is 158 Å². The number of fused-ring (bicyclic) bond motifs is 4. The van der Waals surface area contributed by atoms with Crippen molar-refractivity contribution in [2.75, 3.05) is 0 Å². The third-order valence-corrected chi connectivity index (χ3v) is 8.16. The molecular formula is C40H32N2. The number of rotatable bonds is 7. The zero-order valence-corrected chi connectivity index (χ0v) is 23.3. The van der Waals surface area contributed by atoms with Crippen LogP contribution in [-0.4, -0.2) is 0 Å². The van der Waals surface area contributed by atoms with Crippen molar-refractivity contribution < 1.29 is 0 Å². The summed E-state index contributed by atoms with van der Waals surface area (Å²) < 4.78 is 0. The van der Waals surface area contributed by atoms with Crippen LogP contribution in [0, 0.1) is 0 Å². The van der Waals surface area contributed by atoms with Gasteiger partial charge >= 0.3 is 0 Å². The minimum absolute atomic E-state index is 0.0977. The molecule has 3 N–H and O–H groups in total. The molecule has 0 aliphatic carbocycles. The van der Waals surface area contributed by atoms with Crippen LogP contribution < -0.4 is 11.1 Å². The number of nitrogens with two attached hydrogens (primary N) is 1. The van der Waals surface area contributed by atoms with Gasteiger partial charge in [0.05, 0.1) is 12.2 Å². The van der Waals surface area contributed by atoms with Gasteiger partial charge in [0.2, 0.25) is 0 Å². The maximum atomic E-state index is 6.72. The third kappa shape index (κ3) is 5.10. The molecular weight excluding hydrogens is 508 g/mol. The molecule has 0 amide bonds. The summed E-state index contributed by atoms with van der Waals surface area (Å²) in [4.78, 5) is 0. The summed E-state index contributed by atoms with van der Waals surface area (Å²) in [6, 6.07) is 53.5. The van der Waals surface area contributed by atoms with Crippen LogP contribution in [0.1, 0.15) is 28.9 Å². The Bertz CT molecular complexity index is 2010. The van der Waals surface area contributed by atoms with Crippen molar-refractivity contribution in [1.82, 2.24) is 5.32 Å². The number of benzene rings is 7. The van der Waals surface area contributed by atoms with E-state index in [1.165, 1.54) is 49.0 Å². The van der Waals surface area contributed by atoms with Crippen LogP contribution in [0.2, 0.25) is 0 Å². The second-order valence-corrected chi connectivity index (χ2v) is 10.8. The molecule has 0 aliphatic heterocycles. The molecule has 0 aliphatic rings. The molecule has 7 aromatic carbocycles. The summed E-state index contributed by atoms with van der Waals surface area (Å²) >= 11 is 0. The first-order valence-corrected chi connectivity index (χ1v) is 14.5. The van der Waals surface area contributed by atoms with Gasteiger partial charge in [0.25, 0.3) is 0 Å². The summed E-state index contributed by atoms with van der Waals surface area (Å²) in [6.45, 7) is 0. The Morgan fingerprint density at radius 2 is 1.10 bits per heavy atom. The van der Waals surface area contributed by atoms with Crippen LogP contribution in [-0.2, 0) is 0 Å². The first-order chi connectivity index (χ1) is 20.7. The first kappa shape index (κ1) is 25.9. The lowest BCUT2D eigenvalue weighted by molar-refractivity contribution is 0.509. The summed E-state index contributed by atoms with van der Waals surface area (Å²) in [5, 5.41) is 11.2. The zero-order valence-electron chi connectivity index (χ0n) is 23.3. The van der Waals surface area contributed by atoms with Gasteiger partial charge in [0.15, 0.2) is 0 Å². The van der Waals surface area contributed by atoms with Gasteiger partial charge in [-0.05, 0) is 66.2 Å². The molecule has 0 saturated heterocycles. The molecule has 0 heterocycles. The quantitative estimate of drug-likeness (QED) is 0.120. The number of hydrogen-bond acceptors (Lipinski definition) is 2.